The minimum absolute atomic E-state index is 0.0209. The highest BCUT2D eigenvalue weighted by Crippen LogP contribution is 2.30. The molecule has 168 valence electrons. The average Bonchev–Trinajstić information content (AvgIpc) is 3.30. The highest BCUT2D eigenvalue weighted by atomic mass is 15.6. The number of hydrogen-bond donors (Lipinski definition) is 0. The van der Waals surface area contributed by atoms with Crippen LogP contribution >= 0.6 is 0 Å². The lowest BCUT2D eigenvalue weighted by Gasteiger charge is -2.40. The fourth-order valence-corrected chi connectivity index (χ4v) is 4.63. The molecule has 0 unspecified atom stereocenters. The molecular weight excluding hydrogens is 410 g/mol. The third-order valence-corrected chi connectivity index (χ3v) is 6.39. The van der Waals surface area contributed by atoms with Crippen molar-refractivity contribution in [1.82, 2.24) is 30.1 Å². The predicted octanol–water partition coefficient (Wildman–Crippen LogP) is 3.64. The van der Waals surface area contributed by atoms with Gasteiger partial charge in [0.1, 0.15) is 0 Å². The maximum atomic E-state index is 4.49. The molecule has 1 fully saturated rings. The summed E-state index contributed by atoms with van der Waals surface area (Å²) in [5.74, 6) is 0.866. The van der Waals surface area contributed by atoms with Crippen molar-refractivity contribution in [2.75, 3.05) is 31.1 Å². The summed E-state index contributed by atoms with van der Waals surface area (Å²) in [4.78, 5) is 9.21. The van der Waals surface area contributed by atoms with Crippen LogP contribution in [-0.2, 0) is 6.54 Å². The van der Waals surface area contributed by atoms with Crippen LogP contribution in [0.1, 0.15) is 34.1 Å². The number of anilines is 1. The number of hydrogen-bond acceptors (Lipinski definition) is 6. The lowest BCUT2D eigenvalue weighted by atomic mass is 10.0. The molecule has 7 heteroatoms. The third kappa shape index (κ3) is 4.64. The second-order valence-corrected chi connectivity index (χ2v) is 8.68. The molecule has 3 heterocycles. The van der Waals surface area contributed by atoms with E-state index in [1.807, 2.05) is 35.3 Å². The summed E-state index contributed by atoms with van der Waals surface area (Å²) < 4.78 is 1.93. The lowest BCUT2D eigenvalue weighted by molar-refractivity contribution is 0.201. The molecule has 1 saturated heterocycles. The monoisotopic (exact) mass is 439 g/mol. The van der Waals surface area contributed by atoms with Crippen molar-refractivity contribution in [3.05, 3.63) is 101 Å². The van der Waals surface area contributed by atoms with E-state index in [0.29, 0.717) is 6.54 Å². The molecule has 1 aliphatic heterocycles. The number of aryl methyl sites for hydroxylation is 2. The van der Waals surface area contributed by atoms with Gasteiger partial charge in [0, 0.05) is 44.3 Å². The quantitative estimate of drug-likeness (QED) is 0.457. The molecule has 4 aromatic rings. The minimum Gasteiger partial charge on any atom is -0.369 e. The third-order valence-electron chi connectivity index (χ3n) is 6.39. The Bertz CT molecular complexity index is 1180. The number of pyridine rings is 1. The van der Waals surface area contributed by atoms with Crippen LogP contribution in [0.25, 0.3) is 0 Å². The molecule has 2 aromatic heterocycles. The van der Waals surface area contributed by atoms with Crippen molar-refractivity contribution < 1.29 is 0 Å². The smallest absolute Gasteiger partial charge is 0.173 e. The summed E-state index contributed by atoms with van der Waals surface area (Å²) in [6.45, 7) is 8.78. The Morgan fingerprint density at radius 3 is 2.39 bits per heavy atom. The Morgan fingerprint density at radius 2 is 1.64 bits per heavy atom. The zero-order valence-electron chi connectivity index (χ0n) is 19.2. The van der Waals surface area contributed by atoms with Gasteiger partial charge in [-0.25, -0.2) is 4.68 Å². The van der Waals surface area contributed by atoms with Gasteiger partial charge in [0.05, 0.1) is 12.6 Å². The maximum Gasteiger partial charge on any atom is 0.173 e. The number of piperazine rings is 1. The summed E-state index contributed by atoms with van der Waals surface area (Å²) in [6, 6.07) is 21.2. The van der Waals surface area contributed by atoms with E-state index in [-0.39, 0.29) is 6.04 Å². The summed E-state index contributed by atoms with van der Waals surface area (Å²) in [5, 5.41) is 12.9. The lowest BCUT2D eigenvalue weighted by Crippen LogP contribution is -2.48. The van der Waals surface area contributed by atoms with Crippen LogP contribution in [0, 0.1) is 13.8 Å². The molecule has 5 rings (SSSR count). The van der Waals surface area contributed by atoms with Crippen molar-refractivity contribution in [2.45, 2.75) is 26.4 Å². The standard InChI is InChI=1S/C26H29N7/c1-20-8-9-21(2)24(18-20)31-14-16-32(17-15-31)25(23-10-12-27-13-11-23)26-28-29-30-33(26)19-22-6-4-3-5-7-22/h3-13,18,25H,14-17,19H2,1-2H3/t25-/m0/s1. The first-order valence-electron chi connectivity index (χ1n) is 11.5. The molecule has 1 aliphatic rings. The van der Waals surface area contributed by atoms with Gasteiger partial charge in [0.15, 0.2) is 5.82 Å². The van der Waals surface area contributed by atoms with Crippen LogP contribution in [0.15, 0.2) is 73.1 Å². The first kappa shape index (κ1) is 21.3. The molecular formula is C26H29N7. The van der Waals surface area contributed by atoms with E-state index in [9.17, 15) is 0 Å². The Hall–Kier alpha value is -3.58. The highest BCUT2D eigenvalue weighted by molar-refractivity contribution is 5.55. The average molecular weight is 440 g/mol. The Kier molecular flexibility index (Phi) is 6.13. The Balaban J connectivity index is 1.41. The van der Waals surface area contributed by atoms with Crippen molar-refractivity contribution in [1.29, 1.82) is 0 Å². The summed E-state index contributed by atoms with van der Waals surface area (Å²) >= 11 is 0. The van der Waals surface area contributed by atoms with Crippen molar-refractivity contribution in [3.8, 4) is 0 Å². The maximum absolute atomic E-state index is 4.49. The van der Waals surface area contributed by atoms with Crippen molar-refractivity contribution in [2.24, 2.45) is 0 Å². The molecule has 0 N–H and O–H groups in total. The van der Waals surface area contributed by atoms with Gasteiger partial charge < -0.3 is 4.90 Å². The van der Waals surface area contributed by atoms with Gasteiger partial charge in [-0.2, -0.15) is 0 Å². The van der Waals surface area contributed by atoms with Crippen molar-refractivity contribution in [3.63, 3.8) is 0 Å². The van der Waals surface area contributed by atoms with E-state index >= 15 is 0 Å². The molecule has 0 aliphatic carbocycles. The van der Waals surface area contributed by atoms with Crippen LogP contribution in [0.4, 0.5) is 5.69 Å². The van der Waals surface area contributed by atoms with E-state index < -0.39 is 0 Å². The first-order valence-corrected chi connectivity index (χ1v) is 11.5. The number of aromatic nitrogens is 5. The SMILES string of the molecule is Cc1ccc(C)c(N2CCN([C@@H](c3ccncc3)c3nnnn3Cc3ccccc3)CC2)c1. The fraction of sp³-hybridized carbons (Fsp3) is 0.308. The van der Waals surface area contributed by atoms with E-state index in [0.717, 1.165) is 37.6 Å². The van der Waals surface area contributed by atoms with Gasteiger partial charge in [0.25, 0.3) is 0 Å². The van der Waals surface area contributed by atoms with Crippen LogP contribution < -0.4 is 4.90 Å². The van der Waals surface area contributed by atoms with E-state index in [2.05, 4.69) is 86.6 Å². The van der Waals surface area contributed by atoms with Crippen LogP contribution in [0.2, 0.25) is 0 Å². The molecule has 1 atom stereocenters. The Labute approximate surface area is 194 Å². The topological polar surface area (TPSA) is 63.0 Å². The van der Waals surface area contributed by atoms with Gasteiger partial charge in [-0.3, -0.25) is 9.88 Å². The second kappa shape index (κ2) is 9.50. The molecule has 0 radical (unpaired) electrons. The van der Waals surface area contributed by atoms with Gasteiger partial charge in [-0.1, -0.05) is 42.5 Å². The van der Waals surface area contributed by atoms with Gasteiger partial charge in [-0.15, -0.1) is 5.10 Å². The molecule has 33 heavy (non-hydrogen) atoms. The van der Waals surface area contributed by atoms with Gasteiger partial charge in [0.2, 0.25) is 0 Å². The zero-order chi connectivity index (χ0) is 22.6. The number of benzene rings is 2. The fourth-order valence-electron chi connectivity index (χ4n) is 4.63. The molecule has 0 spiro atoms. The van der Waals surface area contributed by atoms with E-state index in [1.165, 1.54) is 22.4 Å². The second-order valence-electron chi connectivity index (χ2n) is 8.68. The number of nitrogens with zero attached hydrogens (tertiary/aromatic N) is 7. The molecule has 2 aromatic carbocycles. The van der Waals surface area contributed by atoms with Gasteiger partial charge >= 0.3 is 0 Å². The summed E-state index contributed by atoms with van der Waals surface area (Å²) in [5.41, 5.74) is 6.30. The van der Waals surface area contributed by atoms with Gasteiger partial charge in [-0.05, 0) is 64.7 Å². The zero-order valence-corrected chi connectivity index (χ0v) is 19.2. The largest absolute Gasteiger partial charge is 0.369 e. The first-order chi connectivity index (χ1) is 16.2. The molecule has 0 amide bonds. The Morgan fingerprint density at radius 1 is 0.879 bits per heavy atom. The van der Waals surface area contributed by atoms with Crippen LogP contribution in [0.3, 0.4) is 0 Å². The number of tetrazole rings is 1. The normalized spacial score (nSPS) is 15.5. The van der Waals surface area contributed by atoms with Crippen LogP contribution in [0.5, 0.6) is 0 Å². The van der Waals surface area contributed by atoms with E-state index in [1.54, 1.807) is 0 Å². The minimum atomic E-state index is -0.0209. The molecule has 0 bridgehead atoms. The predicted molar refractivity (Wildman–Crippen MR) is 129 cm³/mol. The van der Waals surface area contributed by atoms with Crippen molar-refractivity contribution >= 4 is 5.69 Å². The molecule has 0 saturated carbocycles. The van der Waals surface area contributed by atoms with Crippen LogP contribution in [-0.4, -0.2) is 56.3 Å². The number of rotatable bonds is 6. The summed E-state index contributed by atoms with van der Waals surface area (Å²) in [7, 11) is 0. The molecule has 7 nitrogen and oxygen atoms in total. The summed E-state index contributed by atoms with van der Waals surface area (Å²) in [6.07, 6.45) is 3.69. The highest BCUT2D eigenvalue weighted by Gasteiger charge is 2.31. The van der Waals surface area contributed by atoms with E-state index in [4.69, 9.17) is 0 Å².